The molecule has 3 nitrogen and oxygen atoms in total. The molecule has 3 aromatic carbocycles. The summed E-state index contributed by atoms with van der Waals surface area (Å²) in [5, 5.41) is 2.37. The molecule has 102 valence electrons. The van der Waals surface area contributed by atoms with Crippen molar-refractivity contribution in [1.29, 1.82) is 0 Å². The number of anilines is 2. The number of nitrogen functional groups attached to an aromatic ring is 2. The van der Waals surface area contributed by atoms with Crippen molar-refractivity contribution in [2.24, 2.45) is 0 Å². The normalized spacial score (nSPS) is 11.2. The summed E-state index contributed by atoms with van der Waals surface area (Å²) in [4.78, 5) is 0. The van der Waals surface area contributed by atoms with Crippen molar-refractivity contribution in [3.05, 3.63) is 66.7 Å². The Kier molecular flexibility index (Phi) is 2.42. The van der Waals surface area contributed by atoms with Gasteiger partial charge in [0.05, 0.1) is 11.0 Å². The second-order valence-corrected chi connectivity index (χ2v) is 5.22. The second-order valence-electron chi connectivity index (χ2n) is 5.22. The van der Waals surface area contributed by atoms with E-state index in [0.29, 0.717) is 0 Å². The molecule has 1 heterocycles. The van der Waals surface area contributed by atoms with Crippen LogP contribution in [0.15, 0.2) is 66.7 Å². The fourth-order valence-electron chi connectivity index (χ4n) is 2.89. The van der Waals surface area contributed by atoms with E-state index in [2.05, 4.69) is 34.9 Å². The van der Waals surface area contributed by atoms with E-state index in [9.17, 15) is 0 Å². The highest BCUT2D eigenvalue weighted by Crippen LogP contribution is 2.33. The Morgan fingerprint density at radius 2 is 1.29 bits per heavy atom. The fourth-order valence-corrected chi connectivity index (χ4v) is 2.89. The largest absolute Gasteiger partial charge is 0.399 e. The molecule has 0 bridgehead atoms. The minimum atomic E-state index is 0.767. The summed E-state index contributed by atoms with van der Waals surface area (Å²) in [6.07, 6.45) is 0. The van der Waals surface area contributed by atoms with Crippen molar-refractivity contribution < 1.29 is 0 Å². The molecule has 0 atom stereocenters. The van der Waals surface area contributed by atoms with Gasteiger partial charge in [-0.2, -0.15) is 0 Å². The Bertz CT molecular complexity index is 949. The van der Waals surface area contributed by atoms with E-state index in [1.165, 1.54) is 16.3 Å². The minimum Gasteiger partial charge on any atom is -0.399 e. The molecule has 0 aliphatic carbocycles. The van der Waals surface area contributed by atoms with E-state index in [4.69, 9.17) is 11.5 Å². The van der Waals surface area contributed by atoms with Gasteiger partial charge < -0.3 is 16.0 Å². The highest BCUT2D eigenvalue weighted by molar-refractivity contribution is 6.10. The Morgan fingerprint density at radius 3 is 2.10 bits per heavy atom. The molecule has 0 fully saturated rings. The van der Waals surface area contributed by atoms with Gasteiger partial charge >= 0.3 is 0 Å². The Morgan fingerprint density at radius 1 is 0.619 bits per heavy atom. The zero-order valence-corrected chi connectivity index (χ0v) is 11.5. The van der Waals surface area contributed by atoms with E-state index in [0.717, 1.165) is 22.6 Å². The minimum absolute atomic E-state index is 0.767. The van der Waals surface area contributed by atoms with E-state index in [1.807, 2.05) is 36.4 Å². The summed E-state index contributed by atoms with van der Waals surface area (Å²) >= 11 is 0. The first-order chi connectivity index (χ1) is 10.2. The summed E-state index contributed by atoms with van der Waals surface area (Å²) < 4.78 is 2.24. The van der Waals surface area contributed by atoms with Crippen LogP contribution in [0.1, 0.15) is 0 Å². The third-order valence-corrected chi connectivity index (χ3v) is 3.85. The Balaban J connectivity index is 2.17. The van der Waals surface area contributed by atoms with Crippen molar-refractivity contribution in [3.8, 4) is 5.69 Å². The van der Waals surface area contributed by atoms with E-state index >= 15 is 0 Å². The average Bonchev–Trinajstić information content (AvgIpc) is 2.82. The summed E-state index contributed by atoms with van der Waals surface area (Å²) in [7, 11) is 0. The number of aromatic nitrogens is 1. The molecular weight excluding hydrogens is 258 g/mol. The van der Waals surface area contributed by atoms with Gasteiger partial charge in [-0.25, -0.2) is 0 Å². The third kappa shape index (κ3) is 1.75. The van der Waals surface area contributed by atoms with Gasteiger partial charge in [0.25, 0.3) is 0 Å². The molecular formula is C18H15N3. The number of hydrogen-bond acceptors (Lipinski definition) is 2. The number of hydrogen-bond donors (Lipinski definition) is 2. The number of fused-ring (bicyclic) bond motifs is 3. The molecule has 21 heavy (non-hydrogen) atoms. The van der Waals surface area contributed by atoms with Crippen LogP contribution in [0, 0.1) is 0 Å². The van der Waals surface area contributed by atoms with Gasteiger partial charge in [0, 0.05) is 27.8 Å². The molecule has 3 heteroatoms. The van der Waals surface area contributed by atoms with Crippen molar-refractivity contribution in [1.82, 2.24) is 4.57 Å². The Hall–Kier alpha value is -2.94. The number of benzene rings is 3. The lowest BCUT2D eigenvalue weighted by atomic mass is 10.1. The first-order valence-electron chi connectivity index (χ1n) is 6.88. The van der Waals surface area contributed by atoms with Crippen LogP contribution in [-0.4, -0.2) is 4.57 Å². The van der Waals surface area contributed by atoms with Gasteiger partial charge in [0.15, 0.2) is 0 Å². The van der Waals surface area contributed by atoms with Gasteiger partial charge in [-0.15, -0.1) is 0 Å². The van der Waals surface area contributed by atoms with Crippen molar-refractivity contribution in [2.75, 3.05) is 11.5 Å². The second kappa shape index (κ2) is 4.28. The third-order valence-electron chi connectivity index (χ3n) is 3.85. The van der Waals surface area contributed by atoms with Crippen molar-refractivity contribution >= 4 is 33.2 Å². The number of para-hydroxylation sites is 1. The van der Waals surface area contributed by atoms with Crippen LogP contribution in [0.2, 0.25) is 0 Å². The molecule has 0 spiro atoms. The first kappa shape index (κ1) is 11.9. The topological polar surface area (TPSA) is 57.0 Å². The van der Waals surface area contributed by atoms with Crippen molar-refractivity contribution in [2.45, 2.75) is 0 Å². The van der Waals surface area contributed by atoms with Crippen LogP contribution in [0.25, 0.3) is 27.5 Å². The maximum absolute atomic E-state index is 5.96. The number of nitrogens with two attached hydrogens (primary N) is 2. The summed E-state index contributed by atoms with van der Waals surface area (Å²) in [5.74, 6) is 0. The number of nitrogens with zero attached hydrogens (tertiary/aromatic N) is 1. The summed E-state index contributed by atoms with van der Waals surface area (Å²) in [6.45, 7) is 0. The molecule has 1 aromatic heterocycles. The van der Waals surface area contributed by atoms with E-state index < -0.39 is 0 Å². The molecule has 4 rings (SSSR count). The molecule has 0 aliphatic heterocycles. The lowest BCUT2D eigenvalue weighted by molar-refractivity contribution is 1.18. The Labute approximate surface area is 122 Å². The van der Waals surface area contributed by atoms with Crippen LogP contribution in [0.5, 0.6) is 0 Å². The quantitative estimate of drug-likeness (QED) is 0.516. The van der Waals surface area contributed by atoms with E-state index in [1.54, 1.807) is 0 Å². The molecule has 0 saturated carbocycles. The maximum atomic E-state index is 5.96. The molecule has 0 unspecified atom stereocenters. The number of rotatable bonds is 1. The lowest BCUT2D eigenvalue weighted by Gasteiger charge is -2.08. The van der Waals surface area contributed by atoms with Crippen LogP contribution in [0.4, 0.5) is 11.4 Å². The maximum Gasteiger partial charge on any atom is 0.0542 e. The molecule has 4 N–H and O–H groups in total. The summed E-state index contributed by atoms with van der Waals surface area (Å²) in [6, 6.07) is 22.3. The van der Waals surface area contributed by atoms with Gasteiger partial charge in [0.1, 0.15) is 0 Å². The first-order valence-corrected chi connectivity index (χ1v) is 6.88. The zero-order valence-electron chi connectivity index (χ0n) is 11.5. The summed E-state index contributed by atoms with van der Waals surface area (Å²) in [5.41, 5.74) is 16.7. The highest BCUT2D eigenvalue weighted by Gasteiger charge is 2.11. The van der Waals surface area contributed by atoms with Gasteiger partial charge in [-0.05, 0) is 48.5 Å². The molecule has 4 aromatic rings. The highest BCUT2D eigenvalue weighted by atomic mass is 15.0. The fraction of sp³-hybridized carbons (Fsp3) is 0. The predicted molar refractivity (Wildman–Crippen MR) is 89.6 cm³/mol. The predicted octanol–water partition coefficient (Wildman–Crippen LogP) is 3.95. The van der Waals surface area contributed by atoms with E-state index in [-0.39, 0.29) is 0 Å². The standard InChI is InChI=1S/C18H15N3/c19-12-5-8-14(9-6-12)21-17-4-2-1-3-15(17)16-11-13(20)7-10-18(16)21/h1-11H,19-20H2. The lowest BCUT2D eigenvalue weighted by Crippen LogP contribution is -1.94. The van der Waals surface area contributed by atoms with Gasteiger partial charge in [-0.1, -0.05) is 18.2 Å². The van der Waals surface area contributed by atoms with Crippen LogP contribution >= 0.6 is 0 Å². The van der Waals surface area contributed by atoms with Crippen LogP contribution in [0.3, 0.4) is 0 Å². The molecule has 0 aliphatic rings. The van der Waals surface area contributed by atoms with Gasteiger partial charge in [-0.3, -0.25) is 0 Å². The average molecular weight is 273 g/mol. The van der Waals surface area contributed by atoms with Gasteiger partial charge in [0.2, 0.25) is 0 Å². The van der Waals surface area contributed by atoms with Crippen molar-refractivity contribution in [3.63, 3.8) is 0 Å². The molecule has 0 radical (unpaired) electrons. The monoisotopic (exact) mass is 273 g/mol. The van der Waals surface area contributed by atoms with Crippen LogP contribution in [-0.2, 0) is 0 Å². The van der Waals surface area contributed by atoms with Crippen LogP contribution < -0.4 is 11.5 Å². The molecule has 0 saturated heterocycles. The molecule has 0 amide bonds. The SMILES string of the molecule is Nc1ccc(-n2c3ccccc3c3cc(N)ccc32)cc1. The zero-order chi connectivity index (χ0) is 14.4. The smallest absolute Gasteiger partial charge is 0.0542 e.